The molecule has 0 bridgehead atoms. The Morgan fingerprint density at radius 3 is 2.71 bits per heavy atom. The maximum Gasteiger partial charge on any atom is 0.348 e. The van der Waals surface area contributed by atoms with Gasteiger partial charge in [0.2, 0.25) is 5.91 Å². The van der Waals surface area contributed by atoms with Crippen molar-refractivity contribution >= 4 is 51.2 Å². The average Bonchev–Trinajstić information content (AvgIpc) is 2.96. The number of halogens is 1. The van der Waals surface area contributed by atoms with Gasteiger partial charge >= 0.3 is 5.97 Å². The average molecular weight is 344 g/mol. The third-order valence-corrected chi connectivity index (χ3v) is 4.97. The van der Waals surface area contributed by atoms with Crippen LogP contribution in [0, 0.1) is 6.92 Å². The number of hydrogen-bond donors (Lipinski definition) is 1. The van der Waals surface area contributed by atoms with Crippen LogP contribution < -0.4 is 5.32 Å². The van der Waals surface area contributed by atoms with Gasteiger partial charge in [0.25, 0.3) is 0 Å². The molecule has 0 atom stereocenters. The Kier molecular flexibility index (Phi) is 5.39. The van der Waals surface area contributed by atoms with Crippen molar-refractivity contribution in [3.63, 3.8) is 0 Å². The highest BCUT2D eigenvalue weighted by Gasteiger charge is 2.16. The lowest BCUT2D eigenvalue weighted by atomic mass is 10.3. The van der Waals surface area contributed by atoms with E-state index in [1.54, 1.807) is 19.1 Å². The Morgan fingerprint density at radius 2 is 2.10 bits per heavy atom. The molecule has 0 aliphatic heterocycles. The van der Waals surface area contributed by atoms with E-state index in [9.17, 15) is 9.59 Å². The third kappa shape index (κ3) is 4.30. The first-order chi connectivity index (χ1) is 9.99. The molecule has 2 aromatic rings. The largest absolute Gasteiger partial charge is 0.462 e. The first-order valence-corrected chi connectivity index (χ1v) is 8.32. The molecule has 0 aliphatic rings. The Labute approximate surface area is 135 Å². The minimum Gasteiger partial charge on any atom is -0.462 e. The molecular formula is C14H14ClNO3S2. The summed E-state index contributed by atoms with van der Waals surface area (Å²) in [6.07, 6.45) is 0.267. The molecule has 0 saturated heterocycles. The Balaban J connectivity index is 2.01. The fraction of sp³-hybridized carbons (Fsp3) is 0.286. The standard InChI is InChI=1S/C14H14ClNO3S2/c1-3-19-14(18)13-8(2)6-12(21-13)16-11(17)7-9-4-5-10(15)20-9/h4-6H,3,7H2,1-2H3,(H,16,17). The van der Waals surface area contributed by atoms with Crippen molar-refractivity contribution in [2.45, 2.75) is 20.3 Å². The Morgan fingerprint density at radius 1 is 1.33 bits per heavy atom. The topological polar surface area (TPSA) is 55.4 Å². The Hall–Kier alpha value is -1.37. The number of hydrogen-bond acceptors (Lipinski definition) is 5. The van der Waals surface area contributed by atoms with E-state index >= 15 is 0 Å². The number of rotatable bonds is 5. The number of nitrogens with one attached hydrogen (secondary N) is 1. The zero-order valence-electron chi connectivity index (χ0n) is 11.6. The van der Waals surface area contributed by atoms with E-state index in [1.807, 2.05) is 13.0 Å². The van der Waals surface area contributed by atoms with Crippen LogP contribution in [0.4, 0.5) is 5.00 Å². The van der Waals surface area contributed by atoms with Crippen molar-refractivity contribution in [3.8, 4) is 0 Å². The molecule has 0 saturated carbocycles. The van der Waals surface area contributed by atoms with E-state index in [0.29, 0.717) is 20.8 Å². The van der Waals surface area contributed by atoms with Gasteiger partial charge in [-0.15, -0.1) is 22.7 Å². The lowest BCUT2D eigenvalue weighted by Gasteiger charge is -2.00. The van der Waals surface area contributed by atoms with Crippen LogP contribution in [0.15, 0.2) is 18.2 Å². The van der Waals surface area contributed by atoms with E-state index in [2.05, 4.69) is 5.32 Å². The van der Waals surface area contributed by atoms with Crippen molar-refractivity contribution < 1.29 is 14.3 Å². The minimum absolute atomic E-state index is 0.134. The van der Waals surface area contributed by atoms with Crippen LogP contribution in [-0.4, -0.2) is 18.5 Å². The van der Waals surface area contributed by atoms with Gasteiger partial charge in [0, 0.05) is 4.88 Å². The molecule has 112 valence electrons. The van der Waals surface area contributed by atoms with Gasteiger partial charge in [-0.25, -0.2) is 4.79 Å². The zero-order valence-corrected chi connectivity index (χ0v) is 14.0. The predicted molar refractivity (Wildman–Crippen MR) is 86.7 cm³/mol. The van der Waals surface area contributed by atoms with Crippen LogP contribution in [0.2, 0.25) is 4.34 Å². The smallest absolute Gasteiger partial charge is 0.348 e. The van der Waals surface area contributed by atoms with Crippen LogP contribution >= 0.6 is 34.3 Å². The van der Waals surface area contributed by atoms with E-state index < -0.39 is 0 Å². The normalized spacial score (nSPS) is 10.4. The number of thiophene rings is 2. The number of aryl methyl sites for hydroxylation is 1. The summed E-state index contributed by atoms with van der Waals surface area (Å²) >= 11 is 8.43. The first kappa shape index (κ1) is 16.0. The summed E-state index contributed by atoms with van der Waals surface area (Å²) in [5.74, 6) is -0.490. The summed E-state index contributed by atoms with van der Waals surface area (Å²) in [6.45, 7) is 3.91. The fourth-order valence-corrected chi connectivity index (χ4v) is 3.80. The summed E-state index contributed by atoms with van der Waals surface area (Å²) in [6, 6.07) is 5.37. The molecule has 1 N–H and O–H groups in total. The molecule has 0 fully saturated rings. The van der Waals surface area contributed by atoms with Crippen molar-refractivity contribution in [2.75, 3.05) is 11.9 Å². The molecule has 4 nitrogen and oxygen atoms in total. The summed E-state index contributed by atoms with van der Waals surface area (Å²) in [7, 11) is 0. The lowest BCUT2D eigenvalue weighted by Crippen LogP contribution is -2.12. The molecule has 0 radical (unpaired) electrons. The summed E-state index contributed by atoms with van der Waals surface area (Å²) in [4.78, 5) is 25.1. The van der Waals surface area contributed by atoms with Gasteiger partial charge in [0.05, 0.1) is 22.4 Å². The minimum atomic E-state index is -0.356. The molecule has 2 heterocycles. The van der Waals surface area contributed by atoms with Gasteiger partial charge in [-0.1, -0.05) is 11.6 Å². The van der Waals surface area contributed by atoms with E-state index in [1.165, 1.54) is 22.7 Å². The number of amides is 1. The SMILES string of the molecule is CCOC(=O)c1sc(NC(=O)Cc2ccc(Cl)s2)cc1C. The molecule has 2 aromatic heterocycles. The van der Waals surface area contributed by atoms with Crippen molar-refractivity contribution in [1.82, 2.24) is 0 Å². The lowest BCUT2D eigenvalue weighted by molar-refractivity contribution is -0.115. The van der Waals surface area contributed by atoms with Crippen LogP contribution in [-0.2, 0) is 16.0 Å². The highest BCUT2D eigenvalue weighted by atomic mass is 35.5. The van der Waals surface area contributed by atoms with Crippen molar-refractivity contribution in [1.29, 1.82) is 0 Å². The van der Waals surface area contributed by atoms with Gasteiger partial charge in [-0.2, -0.15) is 0 Å². The van der Waals surface area contributed by atoms with Gasteiger partial charge in [-0.05, 0) is 37.6 Å². The number of esters is 1. The van der Waals surface area contributed by atoms with Crippen molar-refractivity contribution in [3.05, 3.63) is 37.9 Å². The van der Waals surface area contributed by atoms with Gasteiger partial charge < -0.3 is 10.1 Å². The molecular weight excluding hydrogens is 330 g/mol. The molecule has 7 heteroatoms. The predicted octanol–water partition coefficient (Wildman–Crippen LogP) is 4.13. The fourth-order valence-electron chi connectivity index (χ4n) is 1.73. The van der Waals surface area contributed by atoms with Crippen LogP contribution in [0.25, 0.3) is 0 Å². The summed E-state index contributed by atoms with van der Waals surface area (Å²) in [5, 5.41) is 3.44. The van der Waals surface area contributed by atoms with E-state index in [0.717, 1.165) is 10.4 Å². The summed E-state index contributed by atoms with van der Waals surface area (Å²) < 4.78 is 5.63. The monoisotopic (exact) mass is 343 g/mol. The van der Waals surface area contributed by atoms with Gasteiger partial charge in [0.15, 0.2) is 0 Å². The molecule has 21 heavy (non-hydrogen) atoms. The van der Waals surface area contributed by atoms with Crippen LogP contribution in [0.3, 0.4) is 0 Å². The molecule has 0 aromatic carbocycles. The number of anilines is 1. The molecule has 0 unspecified atom stereocenters. The van der Waals surface area contributed by atoms with Crippen molar-refractivity contribution in [2.24, 2.45) is 0 Å². The number of carbonyl (C=O) groups is 2. The second kappa shape index (κ2) is 7.06. The van der Waals surface area contributed by atoms with Crippen LogP contribution in [0.1, 0.15) is 27.0 Å². The molecule has 0 spiro atoms. The maximum atomic E-state index is 12.0. The van der Waals surface area contributed by atoms with Crippen LogP contribution in [0.5, 0.6) is 0 Å². The van der Waals surface area contributed by atoms with Gasteiger partial charge in [-0.3, -0.25) is 4.79 Å². The second-order valence-corrected chi connectivity index (χ2v) is 7.13. The highest BCUT2D eigenvalue weighted by molar-refractivity contribution is 7.18. The number of ether oxygens (including phenoxy) is 1. The molecule has 1 amide bonds. The van der Waals surface area contributed by atoms with E-state index in [-0.39, 0.29) is 18.3 Å². The molecule has 2 rings (SSSR count). The molecule has 0 aliphatic carbocycles. The first-order valence-electron chi connectivity index (χ1n) is 6.31. The maximum absolute atomic E-state index is 12.0. The summed E-state index contributed by atoms with van der Waals surface area (Å²) in [5.41, 5.74) is 0.799. The highest BCUT2D eigenvalue weighted by Crippen LogP contribution is 2.28. The third-order valence-electron chi connectivity index (χ3n) is 2.60. The van der Waals surface area contributed by atoms with E-state index in [4.69, 9.17) is 16.3 Å². The quantitative estimate of drug-likeness (QED) is 0.830. The Bertz CT molecular complexity index is 663. The second-order valence-electron chi connectivity index (χ2n) is 4.27. The van der Waals surface area contributed by atoms with Gasteiger partial charge in [0.1, 0.15) is 4.88 Å². The zero-order chi connectivity index (χ0) is 15.4. The number of carbonyl (C=O) groups excluding carboxylic acids is 2.